The van der Waals surface area contributed by atoms with Gasteiger partial charge in [-0.15, -0.1) is 11.3 Å². The van der Waals surface area contributed by atoms with Gasteiger partial charge in [-0.05, 0) is 49.2 Å². The van der Waals surface area contributed by atoms with E-state index in [-0.39, 0.29) is 0 Å². The van der Waals surface area contributed by atoms with Crippen LogP contribution in [0.1, 0.15) is 11.3 Å². The van der Waals surface area contributed by atoms with Crippen LogP contribution in [-0.2, 0) is 0 Å². The van der Waals surface area contributed by atoms with Crippen LogP contribution in [0.15, 0.2) is 59.0 Å². The highest BCUT2D eigenvalue weighted by Crippen LogP contribution is 2.46. The third kappa shape index (κ3) is 2.10. The molecule has 0 atom stereocenters. The Morgan fingerprint density at radius 1 is 0.885 bits per heavy atom. The van der Waals surface area contributed by atoms with E-state index >= 15 is 0 Å². The molecule has 2 heterocycles. The van der Waals surface area contributed by atoms with Crippen molar-refractivity contribution in [1.29, 1.82) is 0 Å². The van der Waals surface area contributed by atoms with E-state index in [1.54, 1.807) is 7.11 Å². The van der Waals surface area contributed by atoms with Crippen molar-refractivity contribution in [3.05, 3.63) is 65.9 Å². The van der Waals surface area contributed by atoms with Gasteiger partial charge < -0.3 is 9.15 Å². The van der Waals surface area contributed by atoms with E-state index in [0.29, 0.717) is 0 Å². The Morgan fingerprint density at radius 2 is 1.65 bits per heavy atom. The number of benzene rings is 3. The maximum atomic E-state index is 6.09. The Balaban J connectivity index is 2.00. The fourth-order valence-electron chi connectivity index (χ4n) is 3.78. The van der Waals surface area contributed by atoms with Crippen molar-refractivity contribution in [2.75, 3.05) is 7.11 Å². The average Bonchev–Trinajstić information content (AvgIpc) is 3.17. The van der Waals surface area contributed by atoms with Gasteiger partial charge in [-0.25, -0.2) is 0 Å². The van der Waals surface area contributed by atoms with Crippen LogP contribution in [0.25, 0.3) is 42.3 Å². The molecular formula is C23H18O2S. The number of hydrogen-bond acceptors (Lipinski definition) is 3. The summed E-state index contributed by atoms with van der Waals surface area (Å²) in [6.45, 7) is 4.19. The summed E-state index contributed by atoms with van der Waals surface area (Å²) in [4.78, 5) is 0. The summed E-state index contributed by atoms with van der Waals surface area (Å²) in [6, 6.07) is 19.2. The first-order valence-electron chi connectivity index (χ1n) is 8.65. The summed E-state index contributed by atoms with van der Waals surface area (Å²) in [5, 5.41) is 3.83. The van der Waals surface area contributed by atoms with E-state index < -0.39 is 0 Å². The number of methoxy groups -OCH3 is 1. The zero-order valence-corrected chi connectivity index (χ0v) is 15.7. The molecule has 5 rings (SSSR count). The minimum atomic E-state index is 0.868. The molecule has 128 valence electrons. The number of ether oxygens (including phenoxy) is 1. The second-order valence-electron chi connectivity index (χ2n) is 6.61. The summed E-state index contributed by atoms with van der Waals surface area (Å²) in [6.07, 6.45) is 0. The molecular weight excluding hydrogens is 340 g/mol. The van der Waals surface area contributed by atoms with E-state index in [4.69, 9.17) is 9.15 Å². The lowest BCUT2D eigenvalue weighted by Crippen LogP contribution is -1.86. The average molecular weight is 358 g/mol. The fourth-order valence-corrected chi connectivity index (χ4v) is 4.92. The van der Waals surface area contributed by atoms with Gasteiger partial charge in [0, 0.05) is 31.1 Å². The summed E-state index contributed by atoms with van der Waals surface area (Å²) in [5.74, 6) is 1.85. The molecule has 5 aromatic rings. The van der Waals surface area contributed by atoms with Gasteiger partial charge in [0.05, 0.1) is 7.11 Å². The molecule has 0 spiro atoms. The molecule has 0 unspecified atom stereocenters. The van der Waals surface area contributed by atoms with Crippen molar-refractivity contribution in [2.45, 2.75) is 13.8 Å². The van der Waals surface area contributed by atoms with Crippen molar-refractivity contribution in [3.8, 4) is 16.9 Å². The first kappa shape index (κ1) is 15.5. The summed E-state index contributed by atoms with van der Waals surface area (Å²) in [5.41, 5.74) is 4.62. The molecule has 0 aliphatic heterocycles. The predicted molar refractivity (Wildman–Crippen MR) is 111 cm³/mol. The van der Waals surface area contributed by atoms with E-state index in [1.165, 1.54) is 42.2 Å². The molecule has 2 nitrogen and oxygen atoms in total. The lowest BCUT2D eigenvalue weighted by molar-refractivity contribution is 0.415. The zero-order valence-electron chi connectivity index (χ0n) is 14.9. The maximum absolute atomic E-state index is 6.09. The molecule has 0 amide bonds. The van der Waals surface area contributed by atoms with Crippen LogP contribution in [0.3, 0.4) is 0 Å². The quantitative estimate of drug-likeness (QED) is 0.336. The fraction of sp³-hybridized carbons (Fsp3) is 0.130. The molecule has 0 bridgehead atoms. The topological polar surface area (TPSA) is 22.4 Å². The molecule has 0 saturated heterocycles. The number of furan rings is 1. The van der Waals surface area contributed by atoms with Gasteiger partial charge in [-0.1, -0.05) is 30.3 Å². The highest BCUT2D eigenvalue weighted by molar-refractivity contribution is 7.26. The second-order valence-corrected chi connectivity index (χ2v) is 7.69. The minimum absolute atomic E-state index is 0.868. The molecule has 0 aliphatic carbocycles. The van der Waals surface area contributed by atoms with Crippen LogP contribution in [0.5, 0.6) is 5.75 Å². The molecule has 2 aromatic heterocycles. The maximum Gasteiger partial charge on any atom is 0.136 e. The Labute approximate surface area is 155 Å². The minimum Gasteiger partial charge on any atom is -0.497 e. The predicted octanol–water partition coefficient (Wildman–Crippen LogP) is 7.09. The molecule has 3 aromatic carbocycles. The van der Waals surface area contributed by atoms with Gasteiger partial charge in [0.2, 0.25) is 0 Å². The first-order chi connectivity index (χ1) is 12.7. The Bertz CT molecular complexity index is 1270. The highest BCUT2D eigenvalue weighted by Gasteiger charge is 2.19. The monoisotopic (exact) mass is 358 g/mol. The SMILES string of the molecule is COc1ccc(-c2c3c(C)c(C)oc3cc3sc4ccccc4c23)cc1. The Morgan fingerprint density at radius 3 is 2.42 bits per heavy atom. The highest BCUT2D eigenvalue weighted by atomic mass is 32.1. The van der Waals surface area contributed by atoms with Crippen molar-refractivity contribution < 1.29 is 9.15 Å². The first-order valence-corrected chi connectivity index (χ1v) is 9.47. The number of thiophene rings is 1. The number of fused-ring (bicyclic) bond motifs is 4. The van der Waals surface area contributed by atoms with Crippen molar-refractivity contribution in [2.24, 2.45) is 0 Å². The molecule has 26 heavy (non-hydrogen) atoms. The molecule has 0 fully saturated rings. The molecule has 0 radical (unpaired) electrons. The van der Waals surface area contributed by atoms with Gasteiger partial charge in [-0.3, -0.25) is 0 Å². The molecule has 0 N–H and O–H groups in total. The standard InChI is InChI=1S/C23H18O2S/c1-13-14(2)25-18-12-20-23(17-6-4-5-7-19(17)26-20)22(21(13)18)15-8-10-16(24-3)11-9-15/h4-12H,1-3H3. The van der Waals surface area contributed by atoms with Crippen molar-refractivity contribution in [1.82, 2.24) is 0 Å². The van der Waals surface area contributed by atoms with E-state index in [0.717, 1.165) is 17.1 Å². The normalized spacial score (nSPS) is 11.7. The van der Waals surface area contributed by atoms with E-state index in [9.17, 15) is 0 Å². The second kappa shape index (κ2) is 5.61. The Hall–Kier alpha value is -2.78. The largest absolute Gasteiger partial charge is 0.497 e. The smallest absolute Gasteiger partial charge is 0.136 e. The third-order valence-corrected chi connectivity index (χ3v) is 6.29. The molecule has 0 saturated carbocycles. The lowest BCUT2D eigenvalue weighted by Gasteiger charge is -2.09. The van der Waals surface area contributed by atoms with E-state index in [1.807, 2.05) is 30.4 Å². The lowest BCUT2D eigenvalue weighted by atomic mass is 9.94. The summed E-state index contributed by atoms with van der Waals surface area (Å²) in [7, 11) is 1.70. The van der Waals surface area contributed by atoms with Crippen molar-refractivity contribution in [3.63, 3.8) is 0 Å². The van der Waals surface area contributed by atoms with Crippen LogP contribution < -0.4 is 4.74 Å². The third-order valence-electron chi connectivity index (χ3n) is 5.18. The van der Waals surface area contributed by atoms with Gasteiger partial charge in [-0.2, -0.15) is 0 Å². The van der Waals surface area contributed by atoms with Crippen molar-refractivity contribution >= 4 is 42.5 Å². The number of hydrogen-bond donors (Lipinski definition) is 0. The molecule has 3 heteroatoms. The van der Waals surface area contributed by atoms with Gasteiger partial charge in [0.15, 0.2) is 0 Å². The van der Waals surface area contributed by atoms with Crippen LogP contribution >= 0.6 is 11.3 Å². The van der Waals surface area contributed by atoms with Crippen LogP contribution in [0, 0.1) is 13.8 Å². The van der Waals surface area contributed by atoms with Crippen LogP contribution in [0.2, 0.25) is 0 Å². The van der Waals surface area contributed by atoms with Gasteiger partial charge in [0.1, 0.15) is 17.1 Å². The number of rotatable bonds is 2. The van der Waals surface area contributed by atoms with Gasteiger partial charge in [0.25, 0.3) is 0 Å². The Kier molecular flexibility index (Phi) is 3.34. The number of aryl methyl sites for hydroxylation is 2. The van der Waals surface area contributed by atoms with Crippen LogP contribution in [-0.4, -0.2) is 7.11 Å². The van der Waals surface area contributed by atoms with E-state index in [2.05, 4.69) is 49.4 Å². The summed E-state index contributed by atoms with van der Waals surface area (Å²) >= 11 is 1.82. The van der Waals surface area contributed by atoms with Crippen LogP contribution in [0.4, 0.5) is 0 Å². The summed E-state index contributed by atoms with van der Waals surface area (Å²) < 4.78 is 14.0. The van der Waals surface area contributed by atoms with Gasteiger partial charge >= 0.3 is 0 Å². The zero-order chi connectivity index (χ0) is 17.8. The molecule has 0 aliphatic rings.